The van der Waals surface area contributed by atoms with Crippen LogP contribution in [0.1, 0.15) is 39.0 Å². The predicted octanol–water partition coefficient (Wildman–Crippen LogP) is 1.34. The van der Waals surface area contributed by atoms with Gasteiger partial charge in [0.1, 0.15) is 0 Å². The van der Waals surface area contributed by atoms with E-state index in [1.165, 1.54) is 6.42 Å². The molecule has 0 aliphatic carbocycles. The molecule has 1 atom stereocenters. The van der Waals surface area contributed by atoms with E-state index in [4.69, 9.17) is 5.11 Å². The molecule has 1 unspecified atom stereocenters. The number of urea groups is 1. The highest BCUT2D eigenvalue weighted by atomic mass is 16.3. The Balaban J connectivity index is 2.43. The van der Waals surface area contributed by atoms with Crippen LogP contribution in [0.25, 0.3) is 0 Å². The number of nitrogens with zero attached hydrogens (tertiary/aromatic N) is 1. The van der Waals surface area contributed by atoms with E-state index in [-0.39, 0.29) is 18.7 Å². The van der Waals surface area contributed by atoms with Crippen molar-refractivity contribution in [3.63, 3.8) is 0 Å². The minimum atomic E-state index is 0.0370. The van der Waals surface area contributed by atoms with E-state index in [1.54, 1.807) is 0 Å². The van der Waals surface area contributed by atoms with Crippen LogP contribution in [0.4, 0.5) is 4.79 Å². The number of hydrogen-bond donors (Lipinski definition) is 2. The molecule has 1 saturated heterocycles. The summed E-state index contributed by atoms with van der Waals surface area (Å²) in [5.41, 5.74) is 0. The Bertz CT molecular complexity index is 195. The molecule has 1 rings (SSSR count). The molecule has 4 heteroatoms. The second kappa shape index (κ2) is 6.67. The normalized spacial score (nSPS) is 21.5. The summed E-state index contributed by atoms with van der Waals surface area (Å²) in [5.74, 6) is 0. The van der Waals surface area contributed by atoms with Gasteiger partial charge in [-0.1, -0.05) is 6.92 Å². The standard InChI is InChI=1S/C11H22N2O2/c1-2-7-12-11(15)13-8-4-3-5-10(13)6-9-14/h10,14H,2-9H2,1H3,(H,12,15). The highest BCUT2D eigenvalue weighted by Gasteiger charge is 2.25. The molecule has 1 fully saturated rings. The second-order valence-electron chi connectivity index (χ2n) is 4.09. The molecule has 0 spiro atoms. The Morgan fingerprint density at radius 3 is 3.00 bits per heavy atom. The maximum Gasteiger partial charge on any atom is 0.317 e. The monoisotopic (exact) mass is 214 g/mol. The average Bonchev–Trinajstić information content (AvgIpc) is 2.27. The summed E-state index contributed by atoms with van der Waals surface area (Å²) >= 11 is 0. The molecule has 15 heavy (non-hydrogen) atoms. The molecule has 2 amide bonds. The highest BCUT2D eigenvalue weighted by molar-refractivity contribution is 5.74. The average molecular weight is 214 g/mol. The third-order valence-corrected chi connectivity index (χ3v) is 2.88. The number of rotatable bonds is 4. The lowest BCUT2D eigenvalue weighted by molar-refractivity contribution is 0.132. The molecule has 0 aromatic rings. The number of piperidine rings is 1. The van der Waals surface area contributed by atoms with E-state index in [0.717, 1.165) is 32.4 Å². The molecule has 0 radical (unpaired) electrons. The van der Waals surface area contributed by atoms with Crippen LogP contribution in [-0.2, 0) is 0 Å². The van der Waals surface area contributed by atoms with Crippen molar-refractivity contribution in [3.05, 3.63) is 0 Å². The third kappa shape index (κ3) is 3.70. The van der Waals surface area contributed by atoms with Gasteiger partial charge in [0.25, 0.3) is 0 Å². The van der Waals surface area contributed by atoms with Gasteiger partial charge in [-0.15, -0.1) is 0 Å². The SMILES string of the molecule is CCCNC(=O)N1CCCCC1CCO. The van der Waals surface area contributed by atoms with Gasteiger partial charge in [0, 0.05) is 25.7 Å². The molecule has 0 aromatic carbocycles. The van der Waals surface area contributed by atoms with Gasteiger partial charge in [0.2, 0.25) is 0 Å². The fourth-order valence-corrected chi connectivity index (χ4v) is 2.05. The molecule has 4 nitrogen and oxygen atoms in total. The van der Waals surface area contributed by atoms with Crippen LogP contribution < -0.4 is 5.32 Å². The first kappa shape index (κ1) is 12.3. The number of carbonyl (C=O) groups is 1. The first-order valence-corrected chi connectivity index (χ1v) is 5.95. The van der Waals surface area contributed by atoms with Crippen LogP contribution >= 0.6 is 0 Å². The van der Waals surface area contributed by atoms with E-state index in [0.29, 0.717) is 6.42 Å². The maximum atomic E-state index is 11.8. The van der Waals surface area contributed by atoms with Gasteiger partial charge in [0.15, 0.2) is 0 Å². The topological polar surface area (TPSA) is 52.6 Å². The zero-order valence-corrected chi connectivity index (χ0v) is 9.54. The lowest BCUT2D eigenvalue weighted by atomic mass is 10.0. The summed E-state index contributed by atoms with van der Waals surface area (Å²) in [5, 5.41) is 11.8. The van der Waals surface area contributed by atoms with Crippen LogP contribution in [0.15, 0.2) is 0 Å². The van der Waals surface area contributed by atoms with Crippen LogP contribution in [0.2, 0.25) is 0 Å². The van der Waals surface area contributed by atoms with Crippen molar-refractivity contribution in [3.8, 4) is 0 Å². The van der Waals surface area contributed by atoms with E-state index in [2.05, 4.69) is 5.32 Å². The Morgan fingerprint density at radius 2 is 2.33 bits per heavy atom. The van der Waals surface area contributed by atoms with Crippen molar-refractivity contribution in [2.24, 2.45) is 0 Å². The molecular formula is C11H22N2O2. The molecule has 1 aliphatic rings. The van der Waals surface area contributed by atoms with Crippen molar-refractivity contribution >= 4 is 6.03 Å². The quantitative estimate of drug-likeness (QED) is 0.742. The fourth-order valence-electron chi connectivity index (χ4n) is 2.05. The van der Waals surface area contributed by atoms with E-state index < -0.39 is 0 Å². The van der Waals surface area contributed by atoms with Crippen molar-refractivity contribution in [1.82, 2.24) is 10.2 Å². The first-order valence-electron chi connectivity index (χ1n) is 5.95. The summed E-state index contributed by atoms with van der Waals surface area (Å²) in [7, 11) is 0. The van der Waals surface area contributed by atoms with Gasteiger partial charge in [-0.2, -0.15) is 0 Å². The second-order valence-corrected chi connectivity index (χ2v) is 4.09. The van der Waals surface area contributed by atoms with Crippen LogP contribution in [0.3, 0.4) is 0 Å². The lowest BCUT2D eigenvalue weighted by Gasteiger charge is -2.35. The number of likely N-dealkylation sites (tertiary alicyclic amines) is 1. The zero-order chi connectivity index (χ0) is 11.1. The minimum absolute atomic E-state index is 0.0370. The van der Waals surface area contributed by atoms with E-state index >= 15 is 0 Å². The Labute approximate surface area is 91.6 Å². The number of hydrogen-bond acceptors (Lipinski definition) is 2. The third-order valence-electron chi connectivity index (χ3n) is 2.88. The van der Waals surface area contributed by atoms with Gasteiger partial charge in [-0.25, -0.2) is 4.79 Å². The van der Waals surface area contributed by atoms with Gasteiger partial charge >= 0.3 is 6.03 Å². The van der Waals surface area contributed by atoms with Gasteiger partial charge < -0.3 is 15.3 Å². The number of nitrogens with one attached hydrogen (secondary N) is 1. The van der Waals surface area contributed by atoms with Gasteiger partial charge in [-0.05, 0) is 32.1 Å². The van der Waals surface area contributed by atoms with Crippen LogP contribution in [-0.4, -0.2) is 41.8 Å². The highest BCUT2D eigenvalue weighted by Crippen LogP contribution is 2.19. The van der Waals surface area contributed by atoms with Gasteiger partial charge in [-0.3, -0.25) is 0 Å². The summed E-state index contributed by atoms with van der Waals surface area (Å²) in [6, 6.07) is 0.274. The number of aliphatic hydroxyl groups excluding tert-OH is 1. The summed E-state index contributed by atoms with van der Waals surface area (Å²) in [6.07, 6.45) is 4.95. The van der Waals surface area contributed by atoms with Crippen molar-refractivity contribution in [2.45, 2.75) is 45.1 Å². The molecule has 0 bridgehead atoms. The van der Waals surface area contributed by atoms with Crippen molar-refractivity contribution in [2.75, 3.05) is 19.7 Å². The molecule has 0 saturated carbocycles. The number of carbonyl (C=O) groups excluding carboxylic acids is 1. The lowest BCUT2D eigenvalue weighted by Crippen LogP contribution is -2.49. The Hall–Kier alpha value is -0.770. The summed E-state index contributed by atoms with van der Waals surface area (Å²) in [4.78, 5) is 13.7. The first-order chi connectivity index (χ1) is 7.29. The number of aliphatic hydroxyl groups is 1. The Morgan fingerprint density at radius 1 is 1.53 bits per heavy atom. The van der Waals surface area contributed by atoms with Crippen molar-refractivity contribution in [1.29, 1.82) is 0 Å². The number of amides is 2. The summed E-state index contributed by atoms with van der Waals surface area (Å²) in [6.45, 7) is 3.78. The fraction of sp³-hybridized carbons (Fsp3) is 0.909. The largest absolute Gasteiger partial charge is 0.396 e. The molecule has 88 valence electrons. The predicted molar refractivity (Wildman–Crippen MR) is 59.7 cm³/mol. The van der Waals surface area contributed by atoms with E-state index in [1.807, 2.05) is 11.8 Å². The maximum absolute atomic E-state index is 11.8. The van der Waals surface area contributed by atoms with E-state index in [9.17, 15) is 4.79 Å². The molecule has 1 aliphatic heterocycles. The molecule has 0 aromatic heterocycles. The molecule has 2 N–H and O–H groups in total. The smallest absolute Gasteiger partial charge is 0.317 e. The van der Waals surface area contributed by atoms with Crippen molar-refractivity contribution < 1.29 is 9.90 Å². The molecular weight excluding hydrogens is 192 g/mol. The summed E-state index contributed by atoms with van der Waals surface area (Å²) < 4.78 is 0. The zero-order valence-electron chi connectivity index (χ0n) is 9.54. The van der Waals surface area contributed by atoms with Crippen LogP contribution in [0.5, 0.6) is 0 Å². The molecule has 1 heterocycles. The Kier molecular flexibility index (Phi) is 5.47. The van der Waals surface area contributed by atoms with Crippen LogP contribution in [0, 0.1) is 0 Å². The van der Waals surface area contributed by atoms with Gasteiger partial charge in [0.05, 0.1) is 0 Å². The minimum Gasteiger partial charge on any atom is -0.396 e.